The van der Waals surface area contributed by atoms with Crippen LogP contribution in [0.1, 0.15) is 33.1 Å². The number of carboxylic acids is 2. The van der Waals surface area contributed by atoms with Crippen molar-refractivity contribution < 1.29 is 24.6 Å². The average Bonchev–Trinajstić information content (AvgIpc) is 2.21. The summed E-state index contributed by atoms with van der Waals surface area (Å²) < 4.78 is 0. The van der Waals surface area contributed by atoms with E-state index in [0.29, 0.717) is 13.0 Å². The number of hydrogen-bond donors (Lipinski definition) is 2. The Morgan fingerprint density at radius 2 is 1.59 bits per heavy atom. The van der Waals surface area contributed by atoms with E-state index < -0.39 is 11.9 Å². The van der Waals surface area contributed by atoms with Crippen LogP contribution in [0.4, 0.5) is 0 Å². The fourth-order valence-electron chi connectivity index (χ4n) is 1.43. The second-order valence-electron chi connectivity index (χ2n) is 3.96. The number of nitrogens with zero attached hydrogens (tertiary/aromatic N) is 1. The molecule has 98 valence electrons. The van der Waals surface area contributed by atoms with Crippen molar-refractivity contribution in [3.8, 4) is 0 Å². The molecule has 0 fully saturated rings. The van der Waals surface area contributed by atoms with Crippen molar-refractivity contribution in [2.75, 3.05) is 13.1 Å². The van der Waals surface area contributed by atoms with Crippen molar-refractivity contribution in [2.45, 2.75) is 39.2 Å². The summed E-state index contributed by atoms with van der Waals surface area (Å²) in [7, 11) is 0. The number of ketones is 1. The summed E-state index contributed by atoms with van der Waals surface area (Å²) in [6, 6.07) is -0.372. The maximum atomic E-state index is 11.2. The molecule has 6 heteroatoms. The Bertz CT molecular complexity index is 290. The van der Waals surface area contributed by atoms with Crippen molar-refractivity contribution in [3.05, 3.63) is 0 Å². The zero-order valence-electron chi connectivity index (χ0n) is 10.2. The van der Waals surface area contributed by atoms with Gasteiger partial charge in [0, 0.05) is 13.0 Å². The summed E-state index contributed by atoms with van der Waals surface area (Å²) in [6.07, 6.45) is 0.380. The van der Waals surface area contributed by atoms with Crippen LogP contribution in [-0.4, -0.2) is 52.0 Å². The quantitative estimate of drug-likeness (QED) is 0.618. The zero-order valence-corrected chi connectivity index (χ0v) is 10.2. The van der Waals surface area contributed by atoms with E-state index in [2.05, 4.69) is 0 Å². The van der Waals surface area contributed by atoms with Crippen LogP contribution in [0.2, 0.25) is 0 Å². The topological polar surface area (TPSA) is 94.9 Å². The normalized spacial score (nSPS) is 12.4. The van der Waals surface area contributed by atoms with Crippen LogP contribution in [0, 0.1) is 0 Å². The summed E-state index contributed by atoms with van der Waals surface area (Å²) in [5.41, 5.74) is 0. The van der Waals surface area contributed by atoms with Gasteiger partial charge in [-0.15, -0.1) is 0 Å². The molecule has 0 saturated heterocycles. The van der Waals surface area contributed by atoms with Gasteiger partial charge in [-0.3, -0.25) is 19.3 Å². The molecule has 0 aromatic rings. The molecule has 0 amide bonds. The third-order valence-electron chi connectivity index (χ3n) is 2.58. The van der Waals surface area contributed by atoms with Gasteiger partial charge in [0.2, 0.25) is 0 Å². The molecule has 0 radical (unpaired) electrons. The zero-order chi connectivity index (χ0) is 13.4. The fraction of sp³-hybridized carbons (Fsp3) is 0.727. The Hall–Kier alpha value is -1.43. The Balaban J connectivity index is 4.24. The molecule has 17 heavy (non-hydrogen) atoms. The summed E-state index contributed by atoms with van der Waals surface area (Å²) in [5, 5.41) is 17.1. The minimum Gasteiger partial charge on any atom is -0.481 e. The van der Waals surface area contributed by atoms with E-state index >= 15 is 0 Å². The Kier molecular flexibility index (Phi) is 7.13. The van der Waals surface area contributed by atoms with Crippen LogP contribution >= 0.6 is 0 Å². The minimum atomic E-state index is -0.927. The predicted molar refractivity (Wildman–Crippen MR) is 60.8 cm³/mol. The molecule has 0 saturated carbocycles. The largest absolute Gasteiger partial charge is 0.481 e. The monoisotopic (exact) mass is 245 g/mol. The molecule has 2 N–H and O–H groups in total. The lowest BCUT2D eigenvalue weighted by Gasteiger charge is -2.26. The van der Waals surface area contributed by atoms with Gasteiger partial charge < -0.3 is 10.2 Å². The molecule has 0 aliphatic rings. The van der Waals surface area contributed by atoms with Crippen LogP contribution < -0.4 is 0 Å². The molecule has 0 aliphatic heterocycles. The summed E-state index contributed by atoms with van der Waals surface area (Å²) >= 11 is 0. The first-order valence-corrected chi connectivity index (χ1v) is 5.52. The van der Waals surface area contributed by atoms with Gasteiger partial charge in [-0.1, -0.05) is 0 Å². The molecule has 0 aromatic heterocycles. The van der Waals surface area contributed by atoms with E-state index in [1.54, 1.807) is 11.8 Å². The first-order valence-electron chi connectivity index (χ1n) is 5.52. The highest BCUT2D eigenvalue weighted by molar-refractivity contribution is 5.81. The number of carbonyl (C=O) groups is 3. The molecule has 0 bridgehead atoms. The summed E-state index contributed by atoms with van der Waals surface area (Å²) in [5.74, 6) is -1.87. The Labute approximate surface area is 100 Å². The lowest BCUT2D eigenvalue weighted by molar-refractivity contribution is -0.139. The number of rotatable bonds is 9. The van der Waals surface area contributed by atoms with Gasteiger partial charge in [0.05, 0.1) is 12.5 Å². The van der Waals surface area contributed by atoms with E-state index in [-0.39, 0.29) is 31.2 Å². The SMILES string of the molecule is CC(=O)C(C)N(CCCC(=O)O)CCC(=O)O. The molecule has 1 unspecified atom stereocenters. The standard InChI is InChI=1S/C11H19NO5/c1-8(9(2)13)12(7-5-11(16)17)6-3-4-10(14)15/h8H,3-7H2,1-2H3,(H,14,15)(H,16,17). The number of hydrogen-bond acceptors (Lipinski definition) is 4. The van der Waals surface area contributed by atoms with Crippen LogP contribution in [-0.2, 0) is 14.4 Å². The van der Waals surface area contributed by atoms with Gasteiger partial charge in [0.1, 0.15) is 5.78 Å². The van der Waals surface area contributed by atoms with Gasteiger partial charge >= 0.3 is 11.9 Å². The molecular weight excluding hydrogens is 226 g/mol. The third-order valence-corrected chi connectivity index (χ3v) is 2.58. The molecule has 0 heterocycles. The number of carboxylic acid groups (broad SMARTS) is 2. The maximum absolute atomic E-state index is 11.2. The average molecular weight is 245 g/mol. The predicted octanol–water partition coefficient (Wildman–Crippen LogP) is 0.605. The van der Waals surface area contributed by atoms with Gasteiger partial charge in [-0.25, -0.2) is 0 Å². The van der Waals surface area contributed by atoms with Gasteiger partial charge in [0.15, 0.2) is 0 Å². The lowest BCUT2D eigenvalue weighted by Crippen LogP contribution is -2.40. The smallest absolute Gasteiger partial charge is 0.304 e. The second-order valence-corrected chi connectivity index (χ2v) is 3.96. The second kappa shape index (κ2) is 7.78. The lowest BCUT2D eigenvalue weighted by atomic mass is 10.1. The molecule has 0 aliphatic carbocycles. The highest BCUT2D eigenvalue weighted by Gasteiger charge is 2.18. The molecule has 0 spiro atoms. The van der Waals surface area contributed by atoms with Crippen molar-refractivity contribution in [1.82, 2.24) is 4.90 Å². The highest BCUT2D eigenvalue weighted by Crippen LogP contribution is 2.05. The fourth-order valence-corrected chi connectivity index (χ4v) is 1.43. The van der Waals surface area contributed by atoms with E-state index in [9.17, 15) is 14.4 Å². The van der Waals surface area contributed by atoms with E-state index in [0.717, 1.165) is 0 Å². The van der Waals surface area contributed by atoms with Crippen molar-refractivity contribution in [2.24, 2.45) is 0 Å². The van der Waals surface area contributed by atoms with Crippen molar-refractivity contribution in [1.29, 1.82) is 0 Å². The number of aliphatic carboxylic acids is 2. The number of Topliss-reactive ketones (excluding diaryl/α,β-unsaturated/α-hetero) is 1. The van der Waals surface area contributed by atoms with Gasteiger partial charge in [-0.05, 0) is 26.8 Å². The molecule has 0 aromatic carbocycles. The number of carbonyl (C=O) groups excluding carboxylic acids is 1. The molecular formula is C11H19NO5. The van der Waals surface area contributed by atoms with Crippen LogP contribution in [0.5, 0.6) is 0 Å². The van der Waals surface area contributed by atoms with Gasteiger partial charge in [-0.2, -0.15) is 0 Å². The highest BCUT2D eigenvalue weighted by atomic mass is 16.4. The Morgan fingerprint density at radius 3 is 2.00 bits per heavy atom. The van der Waals surface area contributed by atoms with Crippen molar-refractivity contribution in [3.63, 3.8) is 0 Å². The van der Waals surface area contributed by atoms with Gasteiger partial charge in [0.25, 0.3) is 0 Å². The molecule has 0 rings (SSSR count). The first kappa shape index (κ1) is 15.6. The van der Waals surface area contributed by atoms with Crippen LogP contribution in [0.15, 0.2) is 0 Å². The molecule has 6 nitrogen and oxygen atoms in total. The third kappa shape index (κ3) is 7.46. The van der Waals surface area contributed by atoms with Crippen LogP contribution in [0.25, 0.3) is 0 Å². The molecule has 1 atom stereocenters. The summed E-state index contributed by atoms with van der Waals surface area (Å²) in [6.45, 7) is 3.82. The van der Waals surface area contributed by atoms with E-state index in [1.165, 1.54) is 6.92 Å². The Morgan fingerprint density at radius 1 is 1.06 bits per heavy atom. The van der Waals surface area contributed by atoms with Crippen LogP contribution in [0.3, 0.4) is 0 Å². The van der Waals surface area contributed by atoms with E-state index in [1.807, 2.05) is 0 Å². The maximum Gasteiger partial charge on any atom is 0.304 e. The first-order chi connectivity index (χ1) is 7.84. The van der Waals surface area contributed by atoms with E-state index in [4.69, 9.17) is 10.2 Å². The van der Waals surface area contributed by atoms with Crippen molar-refractivity contribution >= 4 is 17.7 Å². The minimum absolute atomic E-state index is 0.0220. The summed E-state index contributed by atoms with van der Waals surface area (Å²) in [4.78, 5) is 33.8.